The predicted octanol–water partition coefficient (Wildman–Crippen LogP) is 2.57. The van der Waals surface area contributed by atoms with Gasteiger partial charge in [0.15, 0.2) is 0 Å². The summed E-state index contributed by atoms with van der Waals surface area (Å²) in [5.41, 5.74) is 1.52. The van der Waals surface area contributed by atoms with Crippen LogP contribution in [0.4, 0.5) is 0 Å². The van der Waals surface area contributed by atoms with Gasteiger partial charge in [0.05, 0.1) is 10.2 Å². The summed E-state index contributed by atoms with van der Waals surface area (Å²) in [6, 6.07) is 5.77. The van der Waals surface area contributed by atoms with Crippen LogP contribution < -0.4 is 5.56 Å². The number of aryl methyl sites for hydroxylation is 1. The lowest BCUT2D eigenvalue weighted by molar-refractivity contribution is 1.12. The van der Waals surface area contributed by atoms with Crippen LogP contribution in [0.1, 0.15) is 18.1 Å². The van der Waals surface area contributed by atoms with Crippen LogP contribution in [0.25, 0.3) is 20.4 Å². The fourth-order valence-corrected chi connectivity index (χ4v) is 3.37. The number of nitriles is 1. The molecule has 0 aromatic carbocycles. The Morgan fingerprint density at radius 2 is 2.39 bits per heavy atom. The van der Waals surface area contributed by atoms with E-state index in [-0.39, 0.29) is 11.1 Å². The lowest BCUT2D eigenvalue weighted by Crippen LogP contribution is -2.12. The molecule has 0 saturated heterocycles. The predicted molar refractivity (Wildman–Crippen MR) is 71.8 cm³/mol. The van der Waals surface area contributed by atoms with Crippen molar-refractivity contribution in [3.8, 4) is 6.07 Å². The molecule has 0 aliphatic carbocycles. The first-order valence-corrected chi connectivity index (χ1v) is 6.40. The fraction of sp³-hybridized carbons (Fsp3) is 0.154. The van der Waals surface area contributed by atoms with Crippen molar-refractivity contribution in [1.29, 1.82) is 5.26 Å². The molecule has 0 amide bonds. The maximum absolute atomic E-state index is 11.9. The monoisotopic (exact) mass is 255 g/mol. The van der Waals surface area contributed by atoms with Crippen LogP contribution >= 0.6 is 11.3 Å². The van der Waals surface area contributed by atoms with Gasteiger partial charge in [-0.15, -0.1) is 11.3 Å². The van der Waals surface area contributed by atoms with Crippen molar-refractivity contribution in [2.45, 2.75) is 13.3 Å². The van der Waals surface area contributed by atoms with Crippen LogP contribution in [0.2, 0.25) is 0 Å². The molecule has 3 heterocycles. The van der Waals surface area contributed by atoms with Gasteiger partial charge < -0.3 is 4.98 Å². The van der Waals surface area contributed by atoms with E-state index in [2.05, 4.69) is 9.97 Å². The second kappa shape index (κ2) is 3.93. The summed E-state index contributed by atoms with van der Waals surface area (Å²) in [6.07, 6.45) is 2.39. The fourth-order valence-electron chi connectivity index (χ4n) is 2.15. The Hall–Kier alpha value is -2.19. The Kier molecular flexibility index (Phi) is 2.39. The molecule has 0 unspecified atom stereocenters. The van der Waals surface area contributed by atoms with E-state index in [9.17, 15) is 4.79 Å². The number of hydrogen-bond donors (Lipinski definition) is 1. The van der Waals surface area contributed by atoms with Crippen LogP contribution in [-0.4, -0.2) is 9.97 Å². The first kappa shape index (κ1) is 10.9. The number of nitrogens with zero attached hydrogens (tertiary/aromatic N) is 2. The van der Waals surface area contributed by atoms with Gasteiger partial charge in [0.25, 0.3) is 5.56 Å². The van der Waals surface area contributed by atoms with Gasteiger partial charge in [0.2, 0.25) is 0 Å². The molecule has 88 valence electrons. The van der Waals surface area contributed by atoms with Crippen LogP contribution in [-0.2, 0) is 6.42 Å². The maximum atomic E-state index is 11.9. The second-order valence-corrected chi connectivity index (χ2v) is 4.93. The molecule has 0 atom stereocenters. The Labute approximate surface area is 107 Å². The first-order valence-electron chi connectivity index (χ1n) is 5.58. The number of hydrogen-bond acceptors (Lipinski definition) is 4. The van der Waals surface area contributed by atoms with Crippen molar-refractivity contribution in [1.82, 2.24) is 9.97 Å². The van der Waals surface area contributed by atoms with Gasteiger partial charge in [-0.1, -0.05) is 6.92 Å². The molecule has 0 radical (unpaired) electrons. The summed E-state index contributed by atoms with van der Waals surface area (Å²) in [5, 5.41) is 10.0. The summed E-state index contributed by atoms with van der Waals surface area (Å²) >= 11 is 1.52. The number of fused-ring (bicyclic) bond motifs is 3. The minimum Gasteiger partial charge on any atom is -0.319 e. The smallest absolute Gasteiger partial charge is 0.266 e. The Morgan fingerprint density at radius 3 is 3.11 bits per heavy atom. The van der Waals surface area contributed by atoms with Gasteiger partial charge >= 0.3 is 0 Å². The minimum absolute atomic E-state index is 0.219. The number of aromatic amines is 1. The Balaban J connectivity index is 2.61. The van der Waals surface area contributed by atoms with Crippen molar-refractivity contribution in [3.05, 3.63) is 39.8 Å². The highest BCUT2D eigenvalue weighted by Crippen LogP contribution is 2.33. The van der Waals surface area contributed by atoms with E-state index in [1.54, 1.807) is 6.20 Å². The molecule has 0 fully saturated rings. The van der Waals surface area contributed by atoms with Crippen molar-refractivity contribution in [2.75, 3.05) is 0 Å². The third kappa shape index (κ3) is 1.36. The molecule has 3 aromatic heterocycles. The average molecular weight is 255 g/mol. The number of pyridine rings is 2. The molecule has 5 heteroatoms. The highest BCUT2D eigenvalue weighted by atomic mass is 32.1. The Bertz CT molecular complexity index is 854. The Morgan fingerprint density at radius 1 is 1.56 bits per heavy atom. The topological polar surface area (TPSA) is 69.5 Å². The first-order chi connectivity index (χ1) is 8.76. The number of H-pyrrole nitrogens is 1. The highest BCUT2D eigenvalue weighted by Gasteiger charge is 2.15. The SMILES string of the molecule is CCc1c(C#N)c(=O)[nH]c2c1sc1ncccc12. The van der Waals surface area contributed by atoms with E-state index in [0.29, 0.717) is 6.42 Å². The summed E-state index contributed by atoms with van der Waals surface area (Å²) in [7, 11) is 0. The number of thiophene rings is 1. The standard InChI is InChI=1S/C13H9N3OS/c1-2-7-9(6-14)12(17)16-10-8-4-3-5-15-13(8)18-11(7)10/h3-5H,2H2,1H3,(H,16,17). The van der Waals surface area contributed by atoms with Crippen LogP contribution in [0.5, 0.6) is 0 Å². The zero-order valence-electron chi connectivity index (χ0n) is 9.65. The average Bonchev–Trinajstić information content (AvgIpc) is 2.75. The summed E-state index contributed by atoms with van der Waals surface area (Å²) < 4.78 is 0.961. The quantitative estimate of drug-likeness (QED) is 0.726. The third-order valence-electron chi connectivity index (χ3n) is 2.97. The molecule has 0 aliphatic heterocycles. The van der Waals surface area contributed by atoms with E-state index in [0.717, 1.165) is 26.0 Å². The van der Waals surface area contributed by atoms with Gasteiger partial charge in [-0.2, -0.15) is 5.26 Å². The van der Waals surface area contributed by atoms with Gasteiger partial charge in [-0.25, -0.2) is 4.98 Å². The van der Waals surface area contributed by atoms with Crippen LogP contribution in [0.15, 0.2) is 23.1 Å². The normalized spacial score (nSPS) is 10.9. The second-order valence-electron chi connectivity index (χ2n) is 3.94. The molecular formula is C13H9N3OS. The van der Waals surface area contributed by atoms with E-state index in [4.69, 9.17) is 5.26 Å². The zero-order chi connectivity index (χ0) is 12.7. The molecule has 3 rings (SSSR count). The van der Waals surface area contributed by atoms with Gasteiger partial charge in [0, 0.05) is 11.6 Å². The van der Waals surface area contributed by atoms with Gasteiger partial charge in [-0.3, -0.25) is 4.79 Å². The van der Waals surface area contributed by atoms with Crippen molar-refractivity contribution < 1.29 is 0 Å². The minimum atomic E-state index is -0.314. The van der Waals surface area contributed by atoms with E-state index in [1.165, 1.54) is 11.3 Å². The molecular weight excluding hydrogens is 246 g/mol. The summed E-state index contributed by atoms with van der Waals surface area (Å²) in [4.78, 5) is 19.9. The summed E-state index contributed by atoms with van der Waals surface area (Å²) in [6.45, 7) is 1.95. The number of aromatic nitrogens is 2. The highest BCUT2D eigenvalue weighted by molar-refractivity contribution is 7.25. The molecule has 0 bridgehead atoms. The van der Waals surface area contributed by atoms with Gasteiger partial charge in [0.1, 0.15) is 16.5 Å². The maximum Gasteiger partial charge on any atom is 0.266 e. The zero-order valence-corrected chi connectivity index (χ0v) is 10.5. The molecule has 1 N–H and O–H groups in total. The number of rotatable bonds is 1. The molecule has 3 aromatic rings. The molecule has 18 heavy (non-hydrogen) atoms. The lowest BCUT2D eigenvalue weighted by atomic mass is 10.1. The third-order valence-corrected chi connectivity index (χ3v) is 4.15. The van der Waals surface area contributed by atoms with Crippen molar-refractivity contribution in [2.24, 2.45) is 0 Å². The van der Waals surface area contributed by atoms with E-state index < -0.39 is 0 Å². The number of nitrogens with one attached hydrogen (secondary N) is 1. The van der Waals surface area contributed by atoms with Crippen LogP contribution in [0, 0.1) is 11.3 Å². The van der Waals surface area contributed by atoms with E-state index >= 15 is 0 Å². The molecule has 0 saturated carbocycles. The molecule has 0 spiro atoms. The van der Waals surface area contributed by atoms with Crippen LogP contribution in [0.3, 0.4) is 0 Å². The molecule has 4 nitrogen and oxygen atoms in total. The van der Waals surface area contributed by atoms with E-state index in [1.807, 2.05) is 25.1 Å². The largest absolute Gasteiger partial charge is 0.319 e. The van der Waals surface area contributed by atoms with Crippen molar-refractivity contribution >= 4 is 31.8 Å². The molecule has 0 aliphatic rings. The van der Waals surface area contributed by atoms with Gasteiger partial charge in [-0.05, 0) is 24.1 Å². The summed E-state index contributed by atoms with van der Waals surface area (Å²) in [5.74, 6) is 0. The van der Waals surface area contributed by atoms with Crippen molar-refractivity contribution in [3.63, 3.8) is 0 Å². The lowest BCUT2D eigenvalue weighted by Gasteiger charge is -2.01.